The first-order valence-corrected chi connectivity index (χ1v) is 11.0. The SMILES string of the molecule is COC(=O)C1=NN2c3ccccc3CN([C@@H](C)c3ccccc3)C(=O)[C@@H]2[C@H]1c1ccccc1. The first-order chi connectivity index (χ1) is 16.1. The zero-order valence-electron chi connectivity index (χ0n) is 18.6. The van der Waals surface area contributed by atoms with Gasteiger partial charge in [0.15, 0.2) is 5.71 Å². The van der Waals surface area contributed by atoms with Crippen molar-refractivity contribution in [3.05, 3.63) is 102 Å². The molecule has 2 heterocycles. The molecular weight excluding hydrogens is 414 g/mol. The van der Waals surface area contributed by atoms with Crippen molar-refractivity contribution in [3.8, 4) is 0 Å². The van der Waals surface area contributed by atoms with Gasteiger partial charge in [-0.15, -0.1) is 0 Å². The second kappa shape index (κ2) is 8.54. The van der Waals surface area contributed by atoms with Crippen LogP contribution in [0.5, 0.6) is 0 Å². The van der Waals surface area contributed by atoms with E-state index < -0.39 is 17.9 Å². The van der Waals surface area contributed by atoms with Gasteiger partial charge in [0.2, 0.25) is 5.91 Å². The quantitative estimate of drug-likeness (QED) is 0.569. The number of amides is 1. The number of carbonyl (C=O) groups excluding carboxylic acids is 2. The molecule has 2 aliphatic rings. The Balaban J connectivity index is 1.67. The van der Waals surface area contributed by atoms with Gasteiger partial charge < -0.3 is 9.64 Å². The van der Waals surface area contributed by atoms with E-state index in [1.165, 1.54) is 7.11 Å². The highest BCUT2D eigenvalue weighted by molar-refractivity contribution is 6.40. The number of hydrazone groups is 1. The van der Waals surface area contributed by atoms with Gasteiger partial charge >= 0.3 is 5.97 Å². The zero-order chi connectivity index (χ0) is 22.9. The summed E-state index contributed by atoms with van der Waals surface area (Å²) in [6, 6.07) is 26.6. The fourth-order valence-electron chi connectivity index (χ4n) is 4.79. The van der Waals surface area contributed by atoms with Crippen molar-refractivity contribution in [3.63, 3.8) is 0 Å². The molecule has 0 unspecified atom stereocenters. The van der Waals surface area contributed by atoms with E-state index >= 15 is 0 Å². The monoisotopic (exact) mass is 439 g/mol. The molecule has 0 N–H and O–H groups in total. The second-order valence-corrected chi connectivity index (χ2v) is 8.34. The molecule has 0 bridgehead atoms. The van der Waals surface area contributed by atoms with Gasteiger partial charge in [0.25, 0.3) is 0 Å². The Kier molecular flexibility index (Phi) is 5.42. The molecule has 0 saturated carbocycles. The number of fused-ring (bicyclic) bond motifs is 3. The van der Waals surface area contributed by atoms with Gasteiger partial charge in [-0.1, -0.05) is 78.9 Å². The largest absolute Gasteiger partial charge is 0.464 e. The smallest absolute Gasteiger partial charge is 0.354 e. The van der Waals surface area contributed by atoms with Crippen molar-refractivity contribution in [2.45, 2.75) is 31.5 Å². The lowest BCUT2D eigenvalue weighted by Gasteiger charge is -2.33. The number of nitrogens with zero attached hydrogens (tertiary/aromatic N) is 3. The minimum atomic E-state index is -0.684. The Hall–Kier alpha value is -3.93. The third-order valence-corrected chi connectivity index (χ3v) is 6.51. The lowest BCUT2D eigenvalue weighted by atomic mass is 9.86. The van der Waals surface area contributed by atoms with Gasteiger partial charge in [-0.3, -0.25) is 9.80 Å². The number of carbonyl (C=O) groups is 2. The lowest BCUT2D eigenvalue weighted by molar-refractivity contribution is -0.135. The molecule has 3 atom stereocenters. The molecule has 3 aromatic rings. The Bertz CT molecular complexity index is 1210. The van der Waals surface area contributed by atoms with Gasteiger partial charge in [-0.25, -0.2) is 4.79 Å². The minimum absolute atomic E-state index is 0.0703. The molecule has 0 aromatic heterocycles. The summed E-state index contributed by atoms with van der Waals surface area (Å²) < 4.78 is 5.07. The standard InChI is InChI=1S/C27H25N3O3/c1-18(19-11-5-3-6-12-19)29-17-21-15-9-10-16-22(21)30-25(26(29)31)23(20-13-7-4-8-14-20)24(28-30)27(32)33-2/h3-16,18,23,25H,17H2,1-2H3/t18-,23-,25-/m0/s1. The van der Waals surface area contributed by atoms with E-state index in [4.69, 9.17) is 4.74 Å². The summed E-state index contributed by atoms with van der Waals surface area (Å²) in [6.45, 7) is 2.50. The van der Waals surface area contributed by atoms with E-state index in [-0.39, 0.29) is 17.7 Å². The summed E-state index contributed by atoms with van der Waals surface area (Å²) in [5, 5.41) is 6.41. The highest BCUT2D eigenvalue weighted by atomic mass is 16.5. The number of hydrogen-bond acceptors (Lipinski definition) is 5. The molecule has 0 aliphatic carbocycles. The predicted molar refractivity (Wildman–Crippen MR) is 127 cm³/mol. The molecule has 0 saturated heterocycles. The topological polar surface area (TPSA) is 62.2 Å². The van der Waals surface area contributed by atoms with Crippen LogP contribution in [0.15, 0.2) is 90.0 Å². The van der Waals surface area contributed by atoms with E-state index in [1.807, 2.05) is 96.8 Å². The molecule has 2 aliphatic heterocycles. The van der Waals surface area contributed by atoms with Crippen LogP contribution in [-0.2, 0) is 20.9 Å². The highest BCUT2D eigenvalue weighted by Crippen LogP contribution is 2.42. The summed E-state index contributed by atoms with van der Waals surface area (Å²) in [6.07, 6.45) is 0. The predicted octanol–water partition coefficient (Wildman–Crippen LogP) is 4.29. The molecule has 33 heavy (non-hydrogen) atoms. The van der Waals surface area contributed by atoms with Crippen LogP contribution in [0, 0.1) is 0 Å². The maximum Gasteiger partial charge on any atom is 0.354 e. The summed E-state index contributed by atoms with van der Waals surface area (Å²) in [7, 11) is 1.34. The van der Waals surface area contributed by atoms with E-state index in [9.17, 15) is 9.59 Å². The van der Waals surface area contributed by atoms with Crippen LogP contribution in [0.3, 0.4) is 0 Å². The van der Waals surface area contributed by atoms with Crippen LogP contribution in [0.4, 0.5) is 5.69 Å². The summed E-state index contributed by atoms with van der Waals surface area (Å²) in [5.74, 6) is -1.13. The van der Waals surface area contributed by atoms with Crippen molar-refractivity contribution in [2.75, 3.05) is 12.1 Å². The van der Waals surface area contributed by atoms with Crippen molar-refractivity contribution >= 4 is 23.3 Å². The number of ether oxygens (including phenoxy) is 1. The van der Waals surface area contributed by atoms with Crippen LogP contribution in [-0.4, -0.2) is 35.6 Å². The molecule has 6 heteroatoms. The van der Waals surface area contributed by atoms with Crippen LogP contribution in [0.1, 0.15) is 35.6 Å². The number of benzene rings is 3. The number of esters is 1. The molecule has 1 amide bonds. The third-order valence-electron chi connectivity index (χ3n) is 6.51. The summed E-state index contributed by atoms with van der Waals surface area (Å²) in [4.78, 5) is 28.9. The average Bonchev–Trinajstić information content (AvgIpc) is 3.22. The molecule has 5 rings (SSSR count). The van der Waals surface area contributed by atoms with Crippen molar-refractivity contribution in [1.29, 1.82) is 0 Å². The van der Waals surface area contributed by atoms with Crippen molar-refractivity contribution in [1.82, 2.24) is 4.90 Å². The zero-order valence-corrected chi connectivity index (χ0v) is 18.6. The number of rotatable bonds is 4. The van der Waals surface area contributed by atoms with Crippen molar-refractivity contribution < 1.29 is 14.3 Å². The molecule has 6 nitrogen and oxygen atoms in total. The van der Waals surface area contributed by atoms with E-state index in [0.29, 0.717) is 6.54 Å². The maximum absolute atomic E-state index is 14.2. The van der Waals surface area contributed by atoms with E-state index in [0.717, 1.165) is 22.4 Å². The normalized spacial score (nSPS) is 20.4. The molecule has 0 spiro atoms. The van der Waals surface area contributed by atoms with Crippen LogP contribution in [0.2, 0.25) is 0 Å². The number of methoxy groups -OCH3 is 1. The number of anilines is 1. The second-order valence-electron chi connectivity index (χ2n) is 8.34. The first kappa shape index (κ1) is 20.9. The fraction of sp³-hybridized carbons (Fsp3) is 0.222. The average molecular weight is 440 g/mol. The summed E-state index contributed by atoms with van der Waals surface area (Å²) >= 11 is 0. The fourth-order valence-corrected chi connectivity index (χ4v) is 4.79. The third kappa shape index (κ3) is 3.57. The number of hydrogen-bond donors (Lipinski definition) is 0. The van der Waals surface area contributed by atoms with Gasteiger partial charge in [-0.2, -0.15) is 5.10 Å². The Morgan fingerprint density at radius 1 is 0.970 bits per heavy atom. The molecule has 0 fully saturated rings. The van der Waals surface area contributed by atoms with E-state index in [1.54, 1.807) is 5.01 Å². The molecule has 3 aromatic carbocycles. The maximum atomic E-state index is 14.2. The first-order valence-electron chi connectivity index (χ1n) is 11.0. The minimum Gasteiger partial charge on any atom is -0.464 e. The van der Waals surface area contributed by atoms with Crippen LogP contribution < -0.4 is 5.01 Å². The van der Waals surface area contributed by atoms with Gasteiger partial charge in [0.1, 0.15) is 6.04 Å². The Labute approximate surface area is 193 Å². The Morgan fingerprint density at radius 3 is 2.30 bits per heavy atom. The Morgan fingerprint density at radius 2 is 1.61 bits per heavy atom. The van der Waals surface area contributed by atoms with Gasteiger partial charge in [-0.05, 0) is 29.7 Å². The van der Waals surface area contributed by atoms with Crippen molar-refractivity contribution in [2.24, 2.45) is 5.10 Å². The lowest BCUT2D eigenvalue weighted by Crippen LogP contribution is -2.47. The molecule has 166 valence electrons. The highest BCUT2D eigenvalue weighted by Gasteiger charge is 2.50. The van der Waals surface area contributed by atoms with Crippen LogP contribution >= 0.6 is 0 Å². The van der Waals surface area contributed by atoms with Gasteiger partial charge in [0, 0.05) is 6.54 Å². The molecular formula is C27H25N3O3. The molecule has 0 radical (unpaired) electrons. The number of para-hydroxylation sites is 1. The van der Waals surface area contributed by atoms with Crippen LogP contribution in [0.25, 0.3) is 0 Å². The van der Waals surface area contributed by atoms with E-state index in [2.05, 4.69) is 5.10 Å². The summed E-state index contributed by atoms with van der Waals surface area (Å²) in [5.41, 5.74) is 3.97. The van der Waals surface area contributed by atoms with Gasteiger partial charge in [0.05, 0.1) is 24.8 Å².